The summed E-state index contributed by atoms with van der Waals surface area (Å²) in [7, 11) is 0. The highest BCUT2D eigenvalue weighted by Crippen LogP contribution is 2.23. The molecule has 3 aromatic rings. The Balaban J connectivity index is 1.64. The summed E-state index contributed by atoms with van der Waals surface area (Å²) in [6.07, 6.45) is 8.87. The monoisotopic (exact) mass is 379 g/mol. The number of carbonyl (C=O) groups excluding carboxylic acids is 1. The van der Waals surface area contributed by atoms with Crippen LogP contribution in [0.2, 0.25) is 0 Å². The van der Waals surface area contributed by atoms with Gasteiger partial charge in [-0.3, -0.25) is 15.6 Å². The van der Waals surface area contributed by atoms with Gasteiger partial charge in [0.25, 0.3) is 0 Å². The van der Waals surface area contributed by atoms with Crippen molar-refractivity contribution < 1.29 is 4.79 Å². The van der Waals surface area contributed by atoms with Gasteiger partial charge < -0.3 is 5.32 Å². The number of unbranched alkanes of at least 4 members (excludes halogenated alkanes) is 4. The second kappa shape index (κ2) is 10.1. The third-order valence-electron chi connectivity index (χ3n) is 4.28. The quantitative estimate of drug-likeness (QED) is 0.362. The lowest BCUT2D eigenvalue weighted by atomic mass is 10.1. The molecule has 2 heterocycles. The maximum absolute atomic E-state index is 12.0. The molecule has 0 aliphatic carbocycles. The molecular weight excluding hydrogens is 354 g/mol. The first-order valence-electron chi connectivity index (χ1n) is 9.60. The average Bonchev–Trinajstić information content (AvgIpc) is 2.73. The highest BCUT2D eigenvalue weighted by Gasteiger charge is 2.11. The van der Waals surface area contributed by atoms with E-state index < -0.39 is 0 Å². The minimum atomic E-state index is -0.0695. The molecule has 2 aromatic heterocycles. The lowest BCUT2D eigenvalue weighted by Gasteiger charge is -2.11. The maximum Gasteiger partial charge on any atom is 0.238 e. The summed E-state index contributed by atoms with van der Waals surface area (Å²) >= 11 is 0. The predicted octanol–water partition coefficient (Wildman–Crippen LogP) is 3.97. The Kier molecular flexibility index (Phi) is 7.06. The smallest absolute Gasteiger partial charge is 0.238 e. The molecule has 1 aromatic carbocycles. The summed E-state index contributed by atoms with van der Waals surface area (Å²) in [5.74, 6) is 0.937. The van der Waals surface area contributed by atoms with Gasteiger partial charge in [-0.1, -0.05) is 50.8 Å². The number of anilines is 3. The van der Waals surface area contributed by atoms with Gasteiger partial charge in [-0.25, -0.2) is 19.9 Å². The zero-order valence-corrected chi connectivity index (χ0v) is 16.0. The Morgan fingerprint density at radius 3 is 2.29 bits per heavy atom. The highest BCUT2D eigenvalue weighted by molar-refractivity contribution is 5.93. The topological polar surface area (TPSA) is 105 Å². The van der Waals surface area contributed by atoms with Crippen LogP contribution in [0.25, 0.3) is 11.0 Å². The van der Waals surface area contributed by atoms with Gasteiger partial charge in [0.1, 0.15) is 23.7 Å². The van der Waals surface area contributed by atoms with Crippen LogP contribution in [0, 0.1) is 0 Å². The van der Waals surface area contributed by atoms with Gasteiger partial charge in [0, 0.05) is 12.1 Å². The molecule has 146 valence electrons. The third kappa shape index (κ3) is 5.35. The summed E-state index contributed by atoms with van der Waals surface area (Å²) in [5, 5.41) is 3.23. The molecule has 0 aliphatic heterocycles. The van der Waals surface area contributed by atoms with E-state index in [1.165, 1.54) is 31.9 Å². The summed E-state index contributed by atoms with van der Waals surface area (Å²) in [5.41, 5.74) is 7.54. The average molecular weight is 379 g/mol. The Morgan fingerprint density at radius 2 is 1.54 bits per heavy atom. The van der Waals surface area contributed by atoms with Crippen molar-refractivity contribution in [1.82, 2.24) is 25.4 Å². The highest BCUT2D eigenvalue weighted by atomic mass is 16.2. The van der Waals surface area contributed by atoms with E-state index in [1.807, 2.05) is 30.3 Å². The number of amides is 1. The molecule has 1 amide bonds. The van der Waals surface area contributed by atoms with Crippen LogP contribution in [-0.2, 0) is 4.79 Å². The number of para-hydroxylation sites is 1. The Labute approximate surface area is 164 Å². The number of aromatic nitrogens is 4. The third-order valence-corrected chi connectivity index (χ3v) is 4.28. The fourth-order valence-corrected chi connectivity index (χ4v) is 2.80. The number of nitrogens with one attached hydrogen (secondary N) is 3. The van der Waals surface area contributed by atoms with E-state index in [9.17, 15) is 4.79 Å². The van der Waals surface area contributed by atoms with Crippen molar-refractivity contribution >= 4 is 34.3 Å². The molecule has 0 atom stereocenters. The van der Waals surface area contributed by atoms with Crippen molar-refractivity contribution in [2.45, 2.75) is 45.4 Å². The zero-order chi connectivity index (χ0) is 19.6. The van der Waals surface area contributed by atoms with Gasteiger partial charge in [-0.15, -0.1) is 0 Å². The van der Waals surface area contributed by atoms with Gasteiger partial charge in [0.15, 0.2) is 11.6 Å². The minimum absolute atomic E-state index is 0.0695. The van der Waals surface area contributed by atoms with Crippen molar-refractivity contribution in [1.29, 1.82) is 0 Å². The van der Waals surface area contributed by atoms with Crippen LogP contribution in [0.5, 0.6) is 0 Å². The predicted molar refractivity (Wildman–Crippen MR) is 110 cm³/mol. The van der Waals surface area contributed by atoms with Crippen LogP contribution < -0.4 is 16.2 Å². The Morgan fingerprint density at radius 1 is 0.857 bits per heavy atom. The zero-order valence-electron chi connectivity index (χ0n) is 16.0. The summed E-state index contributed by atoms with van der Waals surface area (Å²) < 4.78 is 0. The number of benzene rings is 1. The molecule has 0 radical (unpaired) electrons. The number of carbonyl (C=O) groups is 1. The van der Waals surface area contributed by atoms with Crippen molar-refractivity contribution in [3.05, 3.63) is 43.0 Å². The number of rotatable bonds is 10. The van der Waals surface area contributed by atoms with E-state index in [0.717, 1.165) is 18.5 Å². The van der Waals surface area contributed by atoms with Gasteiger partial charge in [0.05, 0.1) is 0 Å². The van der Waals surface area contributed by atoms with Crippen molar-refractivity contribution in [2.75, 3.05) is 10.7 Å². The fourth-order valence-electron chi connectivity index (χ4n) is 2.80. The van der Waals surface area contributed by atoms with Crippen molar-refractivity contribution in [2.24, 2.45) is 0 Å². The molecule has 28 heavy (non-hydrogen) atoms. The Hall–Kier alpha value is -3.29. The van der Waals surface area contributed by atoms with Crippen LogP contribution in [0.4, 0.5) is 17.3 Å². The van der Waals surface area contributed by atoms with E-state index in [0.29, 0.717) is 29.1 Å². The van der Waals surface area contributed by atoms with E-state index in [-0.39, 0.29) is 5.91 Å². The van der Waals surface area contributed by atoms with E-state index in [4.69, 9.17) is 0 Å². The van der Waals surface area contributed by atoms with Crippen LogP contribution in [0.1, 0.15) is 45.4 Å². The molecule has 3 rings (SSSR count). The molecule has 0 bridgehead atoms. The van der Waals surface area contributed by atoms with E-state index in [2.05, 4.69) is 43.0 Å². The lowest BCUT2D eigenvalue weighted by Crippen LogP contribution is -2.29. The second-order valence-corrected chi connectivity index (χ2v) is 6.47. The first-order valence-corrected chi connectivity index (χ1v) is 9.60. The largest absolute Gasteiger partial charge is 0.338 e. The van der Waals surface area contributed by atoms with Gasteiger partial charge in [-0.05, 0) is 18.6 Å². The molecule has 0 unspecified atom stereocenters. The molecular formula is C20H25N7O. The summed E-state index contributed by atoms with van der Waals surface area (Å²) in [6, 6.07) is 9.70. The van der Waals surface area contributed by atoms with E-state index in [1.54, 1.807) is 0 Å². The normalized spacial score (nSPS) is 10.6. The summed E-state index contributed by atoms with van der Waals surface area (Å²) in [4.78, 5) is 29.1. The maximum atomic E-state index is 12.0. The molecule has 3 N–H and O–H groups in total. The molecule has 8 heteroatoms. The first-order chi connectivity index (χ1) is 13.8. The molecule has 8 nitrogen and oxygen atoms in total. The molecule has 0 fully saturated rings. The minimum Gasteiger partial charge on any atom is -0.338 e. The SMILES string of the molecule is CCCCCCCC(=O)NNc1ncnc2c(Nc3ccccc3)ncnc12. The van der Waals surface area contributed by atoms with Crippen LogP contribution >= 0.6 is 0 Å². The van der Waals surface area contributed by atoms with Crippen LogP contribution in [0.3, 0.4) is 0 Å². The number of fused-ring (bicyclic) bond motifs is 1. The van der Waals surface area contributed by atoms with E-state index >= 15 is 0 Å². The second-order valence-electron chi connectivity index (χ2n) is 6.47. The standard InChI is InChI=1S/C20H25N7O/c1-2-3-4-5-9-12-16(28)26-27-20-18-17(21-14-24-20)19(23-13-22-18)25-15-10-7-6-8-11-15/h6-8,10-11,13-14H,2-5,9,12H2,1H3,(H,26,28)(H,21,24,27)(H,22,23,25). The molecule has 0 saturated heterocycles. The fraction of sp³-hybridized carbons (Fsp3) is 0.350. The Bertz CT molecular complexity index is 901. The molecule has 0 spiro atoms. The number of nitrogens with zero attached hydrogens (tertiary/aromatic N) is 4. The van der Waals surface area contributed by atoms with Crippen LogP contribution in [-0.4, -0.2) is 25.8 Å². The molecule has 0 aliphatic rings. The number of hydrogen-bond donors (Lipinski definition) is 3. The van der Waals surface area contributed by atoms with Crippen molar-refractivity contribution in [3.8, 4) is 0 Å². The lowest BCUT2D eigenvalue weighted by molar-refractivity contribution is -0.120. The number of hydrogen-bond acceptors (Lipinski definition) is 7. The molecule has 0 saturated carbocycles. The van der Waals surface area contributed by atoms with Crippen LogP contribution in [0.15, 0.2) is 43.0 Å². The van der Waals surface area contributed by atoms with Crippen molar-refractivity contribution in [3.63, 3.8) is 0 Å². The van der Waals surface area contributed by atoms with Gasteiger partial charge in [-0.2, -0.15) is 0 Å². The summed E-state index contributed by atoms with van der Waals surface area (Å²) in [6.45, 7) is 2.17. The first kappa shape index (κ1) is 19.5. The number of hydrazine groups is 1. The van der Waals surface area contributed by atoms with Gasteiger partial charge in [0.2, 0.25) is 5.91 Å². The van der Waals surface area contributed by atoms with Gasteiger partial charge >= 0.3 is 0 Å².